The quantitative estimate of drug-likeness (QED) is 0.564. The van der Waals surface area contributed by atoms with Crippen molar-refractivity contribution in [3.8, 4) is 11.5 Å². The lowest BCUT2D eigenvalue weighted by atomic mass is 9.99. The summed E-state index contributed by atoms with van der Waals surface area (Å²) in [5.74, 6) is 1.04. The van der Waals surface area contributed by atoms with E-state index in [0.29, 0.717) is 23.1 Å². The Labute approximate surface area is 167 Å². The zero-order chi connectivity index (χ0) is 20.3. The molecule has 0 aromatic heterocycles. The minimum atomic E-state index is -0.546. The summed E-state index contributed by atoms with van der Waals surface area (Å²) >= 11 is 5.91. The van der Waals surface area contributed by atoms with E-state index in [1.807, 2.05) is 12.1 Å². The highest BCUT2D eigenvalue weighted by atomic mass is 35.5. The van der Waals surface area contributed by atoms with Crippen molar-refractivity contribution in [2.45, 2.75) is 13.0 Å². The lowest BCUT2D eigenvalue weighted by Gasteiger charge is -2.26. The highest BCUT2D eigenvalue weighted by Gasteiger charge is 2.25. The molecule has 1 heterocycles. The number of methoxy groups -OCH3 is 2. The molecule has 0 aliphatic carbocycles. The second-order valence-electron chi connectivity index (χ2n) is 6.55. The number of nitrogens with one attached hydrogen (secondary N) is 2. The fraction of sp³-hybridized carbons (Fsp3) is 0.316. The highest BCUT2D eigenvalue weighted by molar-refractivity contribution is 6.31. The van der Waals surface area contributed by atoms with Gasteiger partial charge in [-0.25, -0.2) is 0 Å². The Morgan fingerprint density at radius 2 is 1.89 bits per heavy atom. The maximum absolute atomic E-state index is 12.5. The summed E-state index contributed by atoms with van der Waals surface area (Å²) < 4.78 is 10.7. The Kier molecular flexibility index (Phi) is 6.01. The third-order valence-corrected chi connectivity index (χ3v) is 4.97. The van der Waals surface area contributed by atoms with Gasteiger partial charge in [0.2, 0.25) is 0 Å². The average Bonchev–Trinajstić information content (AvgIpc) is 2.66. The molecule has 9 heteroatoms. The number of anilines is 1. The molecule has 0 bridgehead atoms. The maximum atomic E-state index is 12.5. The van der Waals surface area contributed by atoms with Crippen LogP contribution < -0.4 is 19.7 Å². The summed E-state index contributed by atoms with van der Waals surface area (Å²) in [5.41, 5.74) is 2.19. The molecule has 1 atom stereocenters. The van der Waals surface area contributed by atoms with Gasteiger partial charge < -0.3 is 19.7 Å². The molecule has 0 saturated carbocycles. The van der Waals surface area contributed by atoms with E-state index in [1.54, 1.807) is 14.2 Å². The lowest BCUT2D eigenvalue weighted by molar-refractivity contribution is -0.907. The number of fused-ring (bicyclic) bond motifs is 1. The van der Waals surface area contributed by atoms with Gasteiger partial charge in [-0.15, -0.1) is 0 Å². The van der Waals surface area contributed by atoms with E-state index in [4.69, 9.17) is 21.1 Å². The van der Waals surface area contributed by atoms with Crippen molar-refractivity contribution in [2.75, 3.05) is 32.6 Å². The number of carbonyl (C=O) groups is 1. The Bertz CT molecular complexity index is 919. The second-order valence-corrected chi connectivity index (χ2v) is 6.98. The smallest absolute Gasteiger partial charge is 0.292 e. The van der Waals surface area contributed by atoms with E-state index >= 15 is 0 Å². The van der Waals surface area contributed by atoms with Gasteiger partial charge in [0.05, 0.1) is 25.7 Å². The zero-order valence-electron chi connectivity index (χ0n) is 15.6. The lowest BCUT2D eigenvalue weighted by Crippen LogP contribution is -3.12. The van der Waals surface area contributed by atoms with Crippen LogP contribution in [0.2, 0.25) is 5.02 Å². The van der Waals surface area contributed by atoms with E-state index < -0.39 is 4.92 Å². The van der Waals surface area contributed by atoms with Gasteiger partial charge in [-0.1, -0.05) is 11.6 Å². The molecule has 1 aliphatic rings. The number of benzene rings is 2. The number of carbonyl (C=O) groups excluding carboxylic acids is 1. The minimum Gasteiger partial charge on any atom is -0.493 e. The van der Waals surface area contributed by atoms with E-state index in [-0.39, 0.29) is 23.8 Å². The predicted molar refractivity (Wildman–Crippen MR) is 104 cm³/mol. The molecular weight excluding hydrogens is 386 g/mol. The Balaban J connectivity index is 1.70. The molecule has 0 radical (unpaired) electrons. The van der Waals surface area contributed by atoms with Crippen LogP contribution in [0.5, 0.6) is 11.5 Å². The number of quaternary nitrogens is 1. The number of hydrogen-bond donors (Lipinski definition) is 2. The average molecular weight is 407 g/mol. The highest BCUT2D eigenvalue weighted by Crippen LogP contribution is 2.31. The molecule has 1 unspecified atom stereocenters. The second kappa shape index (κ2) is 8.45. The van der Waals surface area contributed by atoms with Crippen LogP contribution in [0.15, 0.2) is 30.3 Å². The van der Waals surface area contributed by atoms with Crippen molar-refractivity contribution < 1.29 is 24.1 Å². The Morgan fingerprint density at radius 1 is 1.21 bits per heavy atom. The first kappa shape index (κ1) is 19.9. The largest absolute Gasteiger partial charge is 0.493 e. The van der Waals surface area contributed by atoms with Gasteiger partial charge in [-0.2, -0.15) is 0 Å². The monoisotopic (exact) mass is 406 g/mol. The van der Waals surface area contributed by atoms with Gasteiger partial charge in [-0.3, -0.25) is 14.9 Å². The first-order valence-corrected chi connectivity index (χ1v) is 9.10. The summed E-state index contributed by atoms with van der Waals surface area (Å²) in [4.78, 5) is 24.1. The van der Waals surface area contributed by atoms with Gasteiger partial charge in [0, 0.05) is 23.1 Å². The molecule has 8 nitrogen and oxygen atoms in total. The molecule has 2 aromatic rings. The molecule has 0 fully saturated rings. The van der Waals surface area contributed by atoms with Crippen LogP contribution in [0.1, 0.15) is 11.1 Å². The van der Waals surface area contributed by atoms with Crippen LogP contribution in [-0.2, 0) is 17.8 Å². The molecule has 0 spiro atoms. The summed E-state index contributed by atoms with van der Waals surface area (Å²) in [6.07, 6.45) is 0.801. The molecule has 3 rings (SSSR count). The normalized spacial score (nSPS) is 15.5. The number of nitro groups is 1. The van der Waals surface area contributed by atoms with Crippen molar-refractivity contribution in [3.05, 3.63) is 56.6 Å². The molecule has 0 saturated heterocycles. The summed E-state index contributed by atoms with van der Waals surface area (Å²) in [6.45, 7) is 1.62. The number of rotatable bonds is 6. The third kappa shape index (κ3) is 4.35. The number of nitro benzene ring substituents is 1. The summed E-state index contributed by atoms with van der Waals surface area (Å²) in [5, 5.41) is 14.1. The van der Waals surface area contributed by atoms with Crippen LogP contribution in [0.4, 0.5) is 11.4 Å². The van der Waals surface area contributed by atoms with Crippen LogP contribution >= 0.6 is 11.6 Å². The van der Waals surface area contributed by atoms with Crippen molar-refractivity contribution >= 4 is 28.9 Å². The van der Waals surface area contributed by atoms with E-state index in [0.717, 1.165) is 23.4 Å². The van der Waals surface area contributed by atoms with Crippen LogP contribution in [0.25, 0.3) is 0 Å². The molecular formula is C19H21ClN3O5+. The zero-order valence-corrected chi connectivity index (χ0v) is 16.3. The number of amides is 1. The Morgan fingerprint density at radius 3 is 2.54 bits per heavy atom. The first-order valence-electron chi connectivity index (χ1n) is 8.72. The number of hydrogen-bond acceptors (Lipinski definition) is 5. The van der Waals surface area contributed by atoms with Gasteiger partial charge in [0.25, 0.3) is 11.6 Å². The molecule has 2 aromatic carbocycles. The first-order chi connectivity index (χ1) is 13.4. The van der Waals surface area contributed by atoms with E-state index in [2.05, 4.69) is 5.32 Å². The fourth-order valence-electron chi connectivity index (χ4n) is 3.37. The van der Waals surface area contributed by atoms with Crippen molar-refractivity contribution in [1.29, 1.82) is 0 Å². The van der Waals surface area contributed by atoms with E-state index in [9.17, 15) is 14.9 Å². The fourth-order valence-corrected chi connectivity index (χ4v) is 3.54. The molecule has 148 valence electrons. The number of halogens is 1. The van der Waals surface area contributed by atoms with Crippen molar-refractivity contribution in [2.24, 2.45) is 0 Å². The van der Waals surface area contributed by atoms with Crippen LogP contribution in [-0.4, -0.2) is 38.1 Å². The van der Waals surface area contributed by atoms with Gasteiger partial charge in [0.15, 0.2) is 18.0 Å². The van der Waals surface area contributed by atoms with Gasteiger partial charge >= 0.3 is 0 Å². The number of ether oxygens (including phenoxy) is 2. The SMILES string of the molecule is COc1cc2c(cc1OC)C[NH+](CC(=O)Nc1cc(Cl)ccc1[N+](=O)[O-])CC2. The predicted octanol–water partition coefficient (Wildman–Crippen LogP) is 1.85. The summed E-state index contributed by atoms with van der Waals surface area (Å²) in [7, 11) is 3.19. The van der Waals surface area contributed by atoms with Gasteiger partial charge in [-0.05, 0) is 29.8 Å². The molecule has 2 N–H and O–H groups in total. The topological polar surface area (TPSA) is 95.1 Å². The summed E-state index contributed by atoms with van der Waals surface area (Å²) in [6, 6.07) is 7.99. The molecule has 28 heavy (non-hydrogen) atoms. The maximum Gasteiger partial charge on any atom is 0.292 e. The molecule has 1 aliphatic heterocycles. The van der Waals surface area contributed by atoms with Crippen molar-refractivity contribution in [1.82, 2.24) is 0 Å². The third-order valence-electron chi connectivity index (χ3n) is 4.73. The minimum absolute atomic E-state index is 0.103. The standard InChI is InChI=1S/C19H20ClN3O5/c1-27-17-7-12-5-6-22(10-13(12)8-18(17)28-2)11-19(24)21-15-9-14(20)3-4-16(15)23(25)26/h3-4,7-9H,5-6,10-11H2,1-2H3,(H,21,24)/p+1. The Hall–Kier alpha value is -2.84. The van der Waals surface area contributed by atoms with Gasteiger partial charge in [0.1, 0.15) is 12.2 Å². The van der Waals surface area contributed by atoms with Crippen LogP contribution in [0.3, 0.4) is 0 Å². The molecule has 1 amide bonds. The van der Waals surface area contributed by atoms with E-state index in [1.165, 1.54) is 23.8 Å². The van der Waals surface area contributed by atoms with Crippen molar-refractivity contribution in [3.63, 3.8) is 0 Å². The van der Waals surface area contributed by atoms with Crippen LogP contribution in [0, 0.1) is 10.1 Å². The number of nitrogens with zero attached hydrogens (tertiary/aromatic N) is 1.